The molecule has 1 aliphatic heterocycles. The highest BCUT2D eigenvalue weighted by atomic mass is 35.5. The van der Waals surface area contributed by atoms with Crippen LogP contribution in [-0.2, 0) is 11.4 Å². The number of aliphatic hydroxyl groups is 1. The first-order chi connectivity index (χ1) is 8.87. The van der Waals surface area contributed by atoms with Crippen molar-refractivity contribution in [2.75, 3.05) is 25.0 Å². The van der Waals surface area contributed by atoms with Crippen molar-refractivity contribution in [1.82, 2.24) is 4.90 Å². The average Bonchev–Trinajstić information content (AvgIpc) is 2.37. The Kier molecular flexibility index (Phi) is 3.74. The Morgan fingerprint density at radius 2 is 2.05 bits per heavy atom. The molecule has 4 nitrogen and oxygen atoms in total. The van der Waals surface area contributed by atoms with Crippen molar-refractivity contribution in [3.8, 4) is 0 Å². The second-order valence-corrected chi connectivity index (χ2v) is 5.80. The van der Waals surface area contributed by atoms with Gasteiger partial charge < -0.3 is 14.9 Å². The molecule has 0 saturated carbocycles. The van der Waals surface area contributed by atoms with Gasteiger partial charge in [0.15, 0.2) is 0 Å². The maximum atomic E-state index is 12.3. The van der Waals surface area contributed by atoms with Crippen LogP contribution in [0.5, 0.6) is 0 Å². The molecule has 0 unspecified atom stereocenters. The molecule has 1 N–H and O–H groups in total. The molecule has 1 aromatic carbocycles. The van der Waals surface area contributed by atoms with E-state index in [1.54, 1.807) is 17.0 Å². The van der Waals surface area contributed by atoms with Crippen molar-refractivity contribution in [3.63, 3.8) is 0 Å². The van der Waals surface area contributed by atoms with Gasteiger partial charge in [0.1, 0.15) is 5.54 Å². The van der Waals surface area contributed by atoms with E-state index >= 15 is 0 Å². The lowest BCUT2D eigenvalue weighted by molar-refractivity contribution is -0.136. The van der Waals surface area contributed by atoms with Crippen molar-refractivity contribution >= 4 is 23.2 Å². The molecule has 1 aliphatic rings. The SMILES string of the molecule is CN1CCN(c2ccc(Cl)cc2CO)C(C)(C)C1=O. The van der Waals surface area contributed by atoms with Crippen LogP contribution >= 0.6 is 11.6 Å². The number of hydrogen-bond donors (Lipinski definition) is 1. The van der Waals surface area contributed by atoms with Gasteiger partial charge in [0, 0.05) is 36.4 Å². The normalized spacial score (nSPS) is 18.9. The van der Waals surface area contributed by atoms with Crippen molar-refractivity contribution in [1.29, 1.82) is 0 Å². The standard InChI is InChI=1S/C14H19ClN2O2/c1-14(2)13(19)16(3)6-7-17(14)12-5-4-11(15)8-10(12)9-18/h4-5,8,18H,6-7,9H2,1-3H3. The summed E-state index contributed by atoms with van der Waals surface area (Å²) in [5, 5.41) is 10.1. The van der Waals surface area contributed by atoms with Gasteiger partial charge in [-0.1, -0.05) is 11.6 Å². The molecule has 0 atom stereocenters. The zero-order chi connectivity index (χ0) is 14.2. The summed E-state index contributed by atoms with van der Waals surface area (Å²) in [5.41, 5.74) is 1.00. The number of aliphatic hydroxyl groups excluding tert-OH is 1. The van der Waals surface area contributed by atoms with Crippen LogP contribution in [0.25, 0.3) is 0 Å². The van der Waals surface area contributed by atoms with Crippen LogP contribution in [0, 0.1) is 0 Å². The predicted octanol–water partition coefficient (Wildman–Crippen LogP) is 1.89. The van der Waals surface area contributed by atoms with E-state index in [1.165, 1.54) is 0 Å². The molecule has 1 fully saturated rings. The van der Waals surface area contributed by atoms with Crippen molar-refractivity contribution < 1.29 is 9.90 Å². The van der Waals surface area contributed by atoms with E-state index in [1.807, 2.05) is 31.9 Å². The largest absolute Gasteiger partial charge is 0.392 e. The third-order valence-corrected chi connectivity index (χ3v) is 3.94. The van der Waals surface area contributed by atoms with Gasteiger partial charge in [0.2, 0.25) is 5.91 Å². The smallest absolute Gasteiger partial charge is 0.247 e. The van der Waals surface area contributed by atoms with Crippen LogP contribution < -0.4 is 4.90 Å². The van der Waals surface area contributed by atoms with Crippen LogP contribution in [0.3, 0.4) is 0 Å². The number of amides is 1. The lowest BCUT2D eigenvalue weighted by Gasteiger charge is -2.46. The topological polar surface area (TPSA) is 43.8 Å². The van der Waals surface area contributed by atoms with Crippen LogP contribution in [0.4, 0.5) is 5.69 Å². The number of anilines is 1. The molecular formula is C14H19ClN2O2. The Balaban J connectivity index is 2.44. The lowest BCUT2D eigenvalue weighted by atomic mass is 9.95. The van der Waals surface area contributed by atoms with Crippen LogP contribution in [0.2, 0.25) is 5.02 Å². The summed E-state index contributed by atoms with van der Waals surface area (Å²) in [6.07, 6.45) is 0. The number of carbonyl (C=O) groups excluding carboxylic acids is 1. The zero-order valence-electron chi connectivity index (χ0n) is 11.5. The molecule has 2 rings (SSSR count). The lowest BCUT2D eigenvalue weighted by Crippen LogP contribution is -2.62. The quantitative estimate of drug-likeness (QED) is 0.901. The average molecular weight is 283 g/mol. The summed E-state index contributed by atoms with van der Waals surface area (Å²) in [7, 11) is 1.82. The highest BCUT2D eigenvalue weighted by molar-refractivity contribution is 6.30. The van der Waals surface area contributed by atoms with Crippen LogP contribution in [-0.4, -0.2) is 41.6 Å². The van der Waals surface area contributed by atoms with Crippen molar-refractivity contribution in [2.45, 2.75) is 26.0 Å². The van der Waals surface area contributed by atoms with E-state index in [0.29, 0.717) is 11.6 Å². The van der Waals surface area contributed by atoms with Gasteiger partial charge in [0.25, 0.3) is 0 Å². The summed E-state index contributed by atoms with van der Waals surface area (Å²) in [6.45, 7) is 5.13. The molecule has 5 heteroatoms. The van der Waals surface area contributed by atoms with Crippen molar-refractivity contribution in [3.05, 3.63) is 28.8 Å². The number of benzene rings is 1. The van der Waals surface area contributed by atoms with Crippen LogP contribution in [0.1, 0.15) is 19.4 Å². The van der Waals surface area contributed by atoms with Gasteiger partial charge in [-0.3, -0.25) is 4.79 Å². The third kappa shape index (κ3) is 2.42. The van der Waals surface area contributed by atoms with Gasteiger partial charge in [-0.25, -0.2) is 0 Å². The monoisotopic (exact) mass is 282 g/mol. The maximum absolute atomic E-state index is 12.3. The van der Waals surface area contributed by atoms with E-state index in [9.17, 15) is 9.90 Å². The Morgan fingerprint density at radius 1 is 1.37 bits per heavy atom. The molecule has 1 saturated heterocycles. The van der Waals surface area contributed by atoms with E-state index in [-0.39, 0.29) is 12.5 Å². The fourth-order valence-corrected chi connectivity index (χ4v) is 2.77. The van der Waals surface area contributed by atoms with Gasteiger partial charge in [-0.15, -0.1) is 0 Å². The number of nitrogens with zero attached hydrogens (tertiary/aromatic N) is 2. The Morgan fingerprint density at radius 3 is 2.68 bits per heavy atom. The van der Waals surface area contributed by atoms with Gasteiger partial charge in [-0.2, -0.15) is 0 Å². The molecule has 0 radical (unpaired) electrons. The third-order valence-electron chi connectivity index (χ3n) is 3.71. The number of rotatable bonds is 2. The van der Waals surface area contributed by atoms with Crippen molar-refractivity contribution in [2.24, 2.45) is 0 Å². The van der Waals surface area contributed by atoms with E-state index in [0.717, 1.165) is 17.8 Å². The first-order valence-corrected chi connectivity index (χ1v) is 6.68. The van der Waals surface area contributed by atoms with E-state index < -0.39 is 5.54 Å². The molecule has 1 amide bonds. The fourth-order valence-electron chi connectivity index (χ4n) is 2.58. The molecule has 1 heterocycles. The second-order valence-electron chi connectivity index (χ2n) is 5.37. The first kappa shape index (κ1) is 14.2. The number of piperazine rings is 1. The molecule has 0 aliphatic carbocycles. The van der Waals surface area contributed by atoms with E-state index in [4.69, 9.17) is 11.6 Å². The molecule has 104 valence electrons. The van der Waals surface area contributed by atoms with Crippen LogP contribution in [0.15, 0.2) is 18.2 Å². The fraction of sp³-hybridized carbons (Fsp3) is 0.500. The summed E-state index contributed by atoms with van der Waals surface area (Å²) in [4.78, 5) is 16.1. The number of likely N-dealkylation sites (N-methyl/N-ethyl adjacent to an activating group) is 1. The zero-order valence-corrected chi connectivity index (χ0v) is 12.2. The number of halogens is 1. The second kappa shape index (κ2) is 5.02. The minimum atomic E-state index is -0.620. The van der Waals surface area contributed by atoms with Gasteiger partial charge in [0.05, 0.1) is 6.61 Å². The summed E-state index contributed by atoms with van der Waals surface area (Å²) >= 11 is 5.95. The molecule has 19 heavy (non-hydrogen) atoms. The van der Waals surface area contributed by atoms with E-state index in [2.05, 4.69) is 0 Å². The minimum absolute atomic E-state index is 0.0811. The summed E-state index contributed by atoms with van der Waals surface area (Å²) < 4.78 is 0. The summed E-state index contributed by atoms with van der Waals surface area (Å²) in [6, 6.07) is 5.40. The number of hydrogen-bond acceptors (Lipinski definition) is 3. The molecule has 1 aromatic rings. The highest BCUT2D eigenvalue weighted by Gasteiger charge is 2.41. The molecule has 0 aromatic heterocycles. The van der Waals surface area contributed by atoms with Gasteiger partial charge in [-0.05, 0) is 32.0 Å². The first-order valence-electron chi connectivity index (χ1n) is 6.30. The molecule has 0 spiro atoms. The highest BCUT2D eigenvalue weighted by Crippen LogP contribution is 2.32. The maximum Gasteiger partial charge on any atom is 0.247 e. The molecule has 0 bridgehead atoms. The van der Waals surface area contributed by atoms with Gasteiger partial charge >= 0.3 is 0 Å². The summed E-state index contributed by atoms with van der Waals surface area (Å²) in [5.74, 6) is 0.0811. The Hall–Kier alpha value is -1.26. The number of carbonyl (C=O) groups is 1. The molecular weight excluding hydrogens is 264 g/mol. The predicted molar refractivity (Wildman–Crippen MR) is 76.4 cm³/mol. The minimum Gasteiger partial charge on any atom is -0.392 e. The Labute approximate surface area is 118 Å². The Bertz CT molecular complexity index is 502.